The number of aromatic amines is 1. The summed E-state index contributed by atoms with van der Waals surface area (Å²) < 4.78 is 31.7. The Morgan fingerprint density at radius 2 is 2.09 bits per heavy atom. The van der Waals surface area contributed by atoms with Gasteiger partial charge in [-0.3, -0.25) is 5.10 Å². The molecule has 0 aliphatic carbocycles. The zero-order valence-electron chi connectivity index (χ0n) is 12.3. The molecule has 7 nitrogen and oxygen atoms in total. The van der Waals surface area contributed by atoms with Crippen LogP contribution in [0.15, 0.2) is 29.2 Å². The van der Waals surface area contributed by atoms with Crippen molar-refractivity contribution in [2.24, 2.45) is 0 Å². The molecule has 0 saturated carbocycles. The number of rotatable bonds is 5. The van der Waals surface area contributed by atoms with E-state index >= 15 is 0 Å². The van der Waals surface area contributed by atoms with E-state index in [2.05, 4.69) is 15.2 Å². The quantitative estimate of drug-likeness (QED) is 0.899. The van der Waals surface area contributed by atoms with E-state index < -0.39 is 10.0 Å². The lowest BCUT2D eigenvalue weighted by atomic mass is 10.2. The summed E-state index contributed by atoms with van der Waals surface area (Å²) in [6, 6.07) is 6.74. The highest BCUT2D eigenvalue weighted by Gasteiger charge is 2.27. The van der Waals surface area contributed by atoms with Crippen molar-refractivity contribution in [1.29, 1.82) is 0 Å². The highest BCUT2D eigenvalue weighted by molar-refractivity contribution is 7.89. The first-order valence-electron chi connectivity index (χ1n) is 7.12. The highest BCUT2D eigenvalue weighted by atomic mass is 32.2. The summed E-state index contributed by atoms with van der Waals surface area (Å²) in [6.45, 7) is 1.51. The number of hydrogen-bond donors (Lipinski definition) is 1. The predicted molar refractivity (Wildman–Crippen MR) is 80.5 cm³/mol. The average Bonchev–Trinajstić information content (AvgIpc) is 3.19. The van der Waals surface area contributed by atoms with Crippen molar-refractivity contribution < 1.29 is 13.2 Å². The molecule has 1 aromatic carbocycles. The minimum absolute atomic E-state index is 0.282. The smallest absolute Gasteiger partial charge is 0.243 e. The third kappa shape index (κ3) is 2.90. The number of benzene rings is 1. The molecule has 0 spiro atoms. The Kier molecular flexibility index (Phi) is 4.23. The van der Waals surface area contributed by atoms with Crippen molar-refractivity contribution in [2.75, 3.05) is 20.2 Å². The largest absolute Gasteiger partial charge is 0.377 e. The third-order valence-electron chi connectivity index (χ3n) is 3.61. The van der Waals surface area contributed by atoms with Crippen molar-refractivity contribution in [3.8, 4) is 11.4 Å². The minimum Gasteiger partial charge on any atom is -0.377 e. The molecule has 0 amide bonds. The molecule has 2 aromatic rings. The van der Waals surface area contributed by atoms with Crippen LogP contribution in [0.2, 0.25) is 0 Å². The van der Waals surface area contributed by atoms with E-state index in [0.717, 1.165) is 12.8 Å². The molecule has 22 heavy (non-hydrogen) atoms. The van der Waals surface area contributed by atoms with Crippen LogP contribution in [0.25, 0.3) is 11.4 Å². The van der Waals surface area contributed by atoms with Gasteiger partial charge in [-0.1, -0.05) is 12.1 Å². The van der Waals surface area contributed by atoms with Gasteiger partial charge >= 0.3 is 0 Å². The van der Waals surface area contributed by atoms with Crippen molar-refractivity contribution in [2.45, 2.75) is 24.3 Å². The fourth-order valence-electron chi connectivity index (χ4n) is 2.50. The fraction of sp³-hybridized carbons (Fsp3) is 0.429. The molecule has 0 atom stereocenters. The lowest BCUT2D eigenvalue weighted by Crippen LogP contribution is -2.27. The van der Waals surface area contributed by atoms with Gasteiger partial charge in [0.25, 0.3) is 0 Å². The van der Waals surface area contributed by atoms with Crippen LogP contribution < -0.4 is 0 Å². The van der Waals surface area contributed by atoms with Gasteiger partial charge in [-0.15, -0.1) is 0 Å². The number of H-pyrrole nitrogens is 1. The van der Waals surface area contributed by atoms with Crippen LogP contribution in [-0.2, 0) is 21.4 Å². The molecule has 2 heterocycles. The monoisotopic (exact) mass is 322 g/mol. The normalized spacial score (nSPS) is 16.2. The Morgan fingerprint density at radius 1 is 1.32 bits per heavy atom. The Bertz CT molecular complexity index is 751. The van der Waals surface area contributed by atoms with Gasteiger partial charge in [0.05, 0.1) is 4.90 Å². The molecule has 118 valence electrons. The van der Waals surface area contributed by atoms with Crippen LogP contribution in [0.3, 0.4) is 0 Å². The first-order chi connectivity index (χ1) is 10.6. The summed E-state index contributed by atoms with van der Waals surface area (Å²) in [7, 11) is -1.85. The molecule has 0 unspecified atom stereocenters. The molecule has 0 radical (unpaired) electrons. The van der Waals surface area contributed by atoms with E-state index in [0.29, 0.717) is 36.9 Å². The molecule has 1 N–H and O–H groups in total. The SMILES string of the molecule is COCc1nc(-c2cccc(S(=O)(=O)N3CCCC3)c2)n[nH]1. The minimum atomic E-state index is -3.43. The predicted octanol–water partition coefficient (Wildman–Crippen LogP) is 1.40. The van der Waals surface area contributed by atoms with Crippen molar-refractivity contribution in [3.63, 3.8) is 0 Å². The van der Waals surface area contributed by atoms with E-state index in [1.807, 2.05) is 0 Å². The maximum atomic E-state index is 12.6. The first kappa shape index (κ1) is 15.1. The number of hydrogen-bond acceptors (Lipinski definition) is 5. The van der Waals surface area contributed by atoms with Gasteiger partial charge in [0, 0.05) is 25.8 Å². The second-order valence-electron chi connectivity index (χ2n) is 5.18. The number of sulfonamides is 1. The average molecular weight is 322 g/mol. The molecule has 8 heteroatoms. The highest BCUT2D eigenvalue weighted by Crippen LogP contribution is 2.24. The van der Waals surface area contributed by atoms with E-state index in [4.69, 9.17) is 4.74 Å². The Morgan fingerprint density at radius 3 is 2.82 bits per heavy atom. The molecule has 3 rings (SSSR count). The molecular formula is C14H18N4O3S. The Hall–Kier alpha value is -1.77. The van der Waals surface area contributed by atoms with Gasteiger partial charge in [0.1, 0.15) is 6.61 Å². The van der Waals surface area contributed by atoms with Gasteiger partial charge in [0.2, 0.25) is 10.0 Å². The first-order valence-corrected chi connectivity index (χ1v) is 8.56. The summed E-state index contributed by atoms with van der Waals surface area (Å²) >= 11 is 0. The standard InChI is InChI=1S/C14H18N4O3S/c1-21-10-13-15-14(17-16-13)11-5-4-6-12(9-11)22(19,20)18-7-2-3-8-18/h4-6,9H,2-3,7-8,10H2,1H3,(H,15,16,17). The van der Waals surface area contributed by atoms with Crippen LogP contribution in [0.5, 0.6) is 0 Å². The molecule has 1 aromatic heterocycles. The summed E-state index contributed by atoms with van der Waals surface area (Å²) in [5.41, 5.74) is 0.666. The topological polar surface area (TPSA) is 88.2 Å². The van der Waals surface area contributed by atoms with Gasteiger partial charge in [0.15, 0.2) is 11.6 Å². The van der Waals surface area contributed by atoms with Gasteiger partial charge in [-0.05, 0) is 25.0 Å². The Labute approximate surface area is 129 Å². The van der Waals surface area contributed by atoms with E-state index in [-0.39, 0.29) is 4.90 Å². The van der Waals surface area contributed by atoms with E-state index in [9.17, 15) is 8.42 Å². The van der Waals surface area contributed by atoms with Crippen LogP contribution in [0.1, 0.15) is 18.7 Å². The number of aromatic nitrogens is 3. The fourth-order valence-corrected chi connectivity index (χ4v) is 4.06. The van der Waals surface area contributed by atoms with Crippen molar-refractivity contribution in [1.82, 2.24) is 19.5 Å². The third-order valence-corrected chi connectivity index (χ3v) is 5.50. The number of ether oxygens (including phenoxy) is 1. The number of methoxy groups -OCH3 is 1. The lowest BCUT2D eigenvalue weighted by Gasteiger charge is -2.15. The second-order valence-corrected chi connectivity index (χ2v) is 7.12. The molecule has 0 bridgehead atoms. The summed E-state index contributed by atoms with van der Waals surface area (Å²) in [5.74, 6) is 1.07. The second kappa shape index (κ2) is 6.15. The van der Waals surface area contributed by atoms with Gasteiger partial charge < -0.3 is 4.74 Å². The van der Waals surface area contributed by atoms with Crippen LogP contribution in [-0.4, -0.2) is 48.1 Å². The van der Waals surface area contributed by atoms with Gasteiger partial charge in [-0.25, -0.2) is 13.4 Å². The molecular weight excluding hydrogens is 304 g/mol. The lowest BCUT2D eigenvalue weighted by molar-refractivity contribution is 0.178. The summed E-state index contributed by atoms with van der Waals surface area (Å²) in [4.78, 5) is 4.57. The van der Waals surface area contributed by atoms with Crippen LogP contribution in [0.4, 0.5) is 0 Å². The number of nitrogens with one attached hydrogen (secondary N) is 1. The molecule has 1 aliphatic rings. The maximum absolute atomic E-state index is 12.6. The van der Waals surface area contributed by atoms with Gasteiger partial charge in [-0.2, -0.15) is 9.40 Å². The molecule has 1 saturated heterocycles. The van der Waals surface area contributed by atoms with E-state index in [1.54, 1.807) is 31.4 Å². The molecule has 1 aliphatic heterocycles. The summed E-state index contributed by atoms with van der Waals surface area (Å²) in [6.07, 6.45) is 1.83. The van der Waals surface area contributed by atoms with E-state index in [1.165, 1.54) is 4.31 Å². The van der Waals surface area contributed by atoms with Crippen LogP contribution in [0, 0.1) is 0 Å². The zero-order chi connectivity index (χ0) is 15.6. The van der Waals surface area contributed by atoms with Crippen molar-refractivity contribution >= 4 is 10.0 Å². The number of nitrogens with zero attached hydrogens (tertiary/aromatic N) is 3. The van der Waals surface area contributed by atoms with Crippen LogP contribution >= 0.6 is 0 Å². The van der Waals surface area contributed by atoms with Crippen molar-refractivity contribution in [3.05, 3.63) is 30.1 Å². The summed E-state index contributed by atoms with van der Waals surface area (Å²) in [5, 5.41) is 6.87. The zero-order valence-corrected chi connectivity index (χ0v) is 13.1. The molecule has 1 fully saturated rings. The maximum Gasteiger partial charge on any atom is 0.243 e. The Balaban J connectivity index is 1.91.